The number of aliphatic hydroxyl groups is 1. The van der Waals surface area contributed by atoms with E-state index in [-0.39, 0.29) is 6.10 Å². The standard InChI is InChI=1S/C15H24O/c1-3-5-11-14(4-2)15(16)12-13-9-7-6-8-10-13/h6-10,14-16H,3-5,11-12H2,1-2H3. The van der Waals surface area contributed by atoms with Crippen LogP contribution in [0.3, 0.4) is 0 Å². The summed E-state index contributed by atoms with van der Waals surface area (Å²) in [6.45, 7) is 4.38. The van der Waals surface area contributed by atoms with Crippen molar-refractivity contribution in [2.45, 2.75) is 52.1 Å². The lowest BCUT2D eigenvalue weighted by Crippen LogP contribution is -2.22. The highest BCUT2D eigenvalue weighted by atomic mass is 16.3. The van der Waals surface area contributed by atoms with Crippen LogP contribution in [0.2, 0.25) is 0 Å². The van der Waals surface area contributed by atoms with Crippen molar-refractivity contribution in [3.8, 4) is 0 Å². The highest BCUT2D eigenvalue weighted by Crippen LogP contribution is 2.19. The van der Waals surface area contributed by atoms with Crippen LogP contribution in [0.1, 0.15) is 45.1 Å². The minimum atomic E-state index is -0.182. The Kier molecular flexibility index (Phi) is 6.17. The van der Waals surface area contributed by atoms with Crippen LogP contribution in [0.25, 0.3) is 0 Å². The molecule has 0 aliphatic heterocycles. The lowest BCUT2D eigenvalue weighted by atomic mass is 9.90. The van der Waals surface area contributed by atoms with Crippen molar-refractivity contribution >= 4 is 0 Å². The van der Waals surface area contributed by atoms with Crippen molar-refractivity contribution in [3.05, 3.63) is 35.9 Å². The van der Waals surface area contributed by atoms with Gasteiger partial charge in [0.05, 0.1) is 6.10 Å². The van der Waals surface area contributed by atoms with Crippen LogP contribution in [0, 0.1) is 5.92 Å². The van der Waals surface area contributed by atoms with Gasteiger partial charge in [0, 0.05) is 0 Å². The molecule has 0 fully saturated rings. The average molecular weight is 220 g/mol. The summed E-state index contributed by atoms with van der Waals surface area (Å²) in [4.78, 5) is 0. The molecule has 0 radical (unpaired) electrons. The van der Waals surface area contributed by atoms with E-state index in [1.165, 1.54) is 18.4 Å². The molecular formula is C15H24O. The zero-order valence-corrected chi connectivity index (χ0v) is 10.5. The molecule has 0 aliphatic carbocycles. The summed E-state index contributed by atoms with van der Waals surface area (Å²) in [6, 6.07) is 10.3. The highest BCUT2D eigenvalue weighted by molar-refractivity contribution is 5.15. The lowest BCUT2D eigenvalue weighted by Gasteiger charge is -2.21. The quantitative estimate of drug-likeness (QED) is 0.741. The highest BCUT2D eigenvalue weighted by Gasteiger charge is 2.16. The molecule has 16 heavy (non-hydrogen) atoms. The Morgan fingerprint density at radius 2 is 1.81 bits per heavy atom. The smallest absolute Gasteiger partial charge is 0.0608 e. The zero-order valence-electron chi connectivity index (χ0n) is 10.5. The average Bonchev–Trinajstić information content (AvgIpc) is 2.31. The SMILES string of the molecule is CCCCC(CC)C(O)Cc1ccccc1. The summed E-state index contributed by atoms with van der Waals surface area (Å²) in [6.07, 6.45) is 5.29. The normalized spacial score (nSPS) is 14.7. The predicted octanol–water partition coefficient (Wildman–Crippen LogP) is 3.81. The van der Waals surface area contributed by atoms with E-state index in [1.54, 1.807) is 0 Å². The molecule has 1 nitrogen and oxygen atoms in total. The van der Waals surface area contributed by atoms with Crippen molar-refractivity contribution in [2.75, 3.05) is 0 Å². The first kappa shape index (κ1) is 13.2. The molecule has 0 saturated carbocycles. The molecule has 1 aromatic rings. The monoisotopic (exact) mass is 220 g/mol. The maximum Gasteiger partial charge on any atom is 0.0608 e. The van der Waals surface area contributed by atoms with Gasteiger partial charge in [-0.25, -0.2) is 0 Å². The summed E-state index contributed by atoms with van der Waals surface area (Å²) in [5.41, 5.74) is 1.24. The minimum Gasteiger partial charge on any atom is -0.392 e. The molecule has 0 saturated heterocycles. The van der Waals surface area contributed by atoms with E-state index in [0.717, 1.165) is 19.3 Å². The summed E-state index contributed by atoms with van der Waals surface area (Å²) < 4.78 is 0. The fraction of sp³-hybridized carbons (Fsp3) is 0.600. The maximum absolute atomic E-state index is 10.2. The van der Waals surface area contributed by atoms with Crippen LogP contribution in [0.5, 0.6) is 0 Å². The first-order valence-corrected chi connectivity index (χ1v) is 6.49. The van der Waals surface area contributed by atoms with Gasteiger partial charge in [-0.1, -0.05) is 63.4 Å². The van der Waals surface area contributed by atoms with Gasteiger partial charge in [0.2, 0.25) is 0 Å². The largest absolute Gasteiger partial charge is 0.392 e. The lowest BCUT2D eigenvalue weighted by molar-refractivity contribution is 0.0987. The summed E-state index contributed by atoms with van der Waals surface area (Å²) in [7, 11) is 0. The fourth-order valence-corrected chi connectivity index (χ4v) is 2.16. The Balaban J connectivity index is 2.46. The molecule has 2 unspecified atom stereocenters. The second-order valence-electron chi connectivity index (χ2n) is 4.57. The van der Waals surface area contributed by atoms with E-state index in [0.29, 0.717) is 5.92 Å². The molecule has 0 aliphatic rings. The van der Waals surface area contributed by atoms with E-state index in [9.17, 15) is 5.11 Å². The minimum absolute atomic E-state index is 0.182. The summed E-state index contributed by atoms with van der Waals surface area (Å²) >= 11 is 0. The van der Waals surface area contributed by atoms with Gasteiger partial charge in [-0.3, -0.25) is 0 Å². The van der Waals surface area contributed by atoms with Crippen molar-refractivity contribution in [1.82, 2.24) is 0 Å². The van der Waals surface area contributed by atoms with Crippen LogP contribution in [-0.4, -0.2) is 11.2 Å². The van der Waals surface area contributed by atoms with Crippen molar-refractivity contribution < 1.29 is 5.11 Å². The van der Waals surface area contributed by atoms with Crippen LogP contribution in [0.15, 0.2) is 30.3 Å². The number of aliphatic hydroxyl groups excluding tert-OH is 1. The van der Waals surface area contributed by atoms with Crippen LogP contribution in [-0.2, 0) is 6.42 Å². The second kappa shape index (κ2) is 7.45. The van der Waals surface area contributed by atoms with Crippen LogP contribution < -0.4 is 0 Å². The first-order valence-electron chi connectivity index (χ1n) is 6.49. The number of hydrogen-bond donors (Lipinski definition) is 1. The molecule has 0 aromatic heterocycles. The number of benzene rings is 1. The Morgan fingerprint density at radius 3 is 2.38 bits per heavy atom. The topological polar surface area (TPSA) is 20.2 Å². The van der Waals surface area contributed by atoms with Gasteiger partial charge >= 0.3 is 0 Å². The van der Waals surface area contributed by atoms with E-state index in [2.05, 4.69) is 26.0 Å². The van der Waals surface area contributed by atoms with Crippen molar-refractivity contribution in [1.29, 1.82) is 0 Å². The number of rotatable bonds is 7. The Labute approximate surface area is 99.5 Å². The molecule has 90 valence electrons. The van der Waals surface area contributed by atoms with Gasteiger partial charge in [0.25, 0.3) is 0 Å². The van der Waals surface area contributed by atoms with Crippen LogP contribution >= 0.6 is 0 Å². The molecule has 0 heterocycles. The second-order valence-corrected chi connectivity index (χ2v) is 4.57. The van der Waals surface area contributed by atoms with Gasteiger partial charge in [-0.2, -0.15) is 0 Å². The third kappa shape index (κ3) is 4.36. The summed E-state index contributed by atoms with van der Waals surface area (Å²) in [5.74, 6) is 0.458. The first-order chi connectivity index (χ1) is 7.77. The molecule has 1 heteroatoms. The molecule has 1 N–H and O–H groups in total. The summed E-state index contributed by atoms with van der Waals surface area (Å²) in [5, 5.41) is 10.2. The van der Waals surface area contributed by atoms with Gasteiger partial charge in [-0.05, 0) is 24.3 Å². The van der Waals surface area contributed by atoms with Crippen molar-refractivity contribution in [3.63, 3.8) is 0 Å². The van der Waals surface area contributed by atoms with Gasteiger partial charge in [0.1, 0.15) is 0 Å². The van der Waals surface area contributed by atoms with Crippen LogP contribution in [0.4, 0.5) is 0 Å². The van der Waals surface area contributed by atoms with Crippen molar-refractivity contribution in [2.24, 2.45) is 5.92 Å². The van der Waals surface area contributed by atoms with E-state index >= 15 is 0 Å². The van der Waals surface area contributed by atoms with Gasteiger partial charge in [-0.15, -0.1) is 0 Å². The van der Waals surface area contributed by atoms with Gasteiger partial charge in [0.15, 0.2) is 0 Å². The Bertz CT molecular complexity index is 268. The third-order valence-corrected chi connectivity index (χ3v) is 3.28. The Morgan fingerprint density at radius 1 is 1.12 bits per heavy atom. The van der Waals surface area contributed by atoms with E-state index in [4.69, 9.17) is 0 Å². The predicted molar refractivity (Wildman–Crippen MR) is 69.5 cm³/mol. The number of unbranched alkanes of at least 4 members (excludes halogenated alkanes) is 1. The molecule has 1 aromatic carbocycles. The Hall–Kier alpha value is -0.820. The zero-order chi connectivity index (χ0) is 11.8. The molecule has 2 atom stereocenters. The molecular weight excluding hydrogens is 196 g/mol. The van der Waals surface area contributed by atoms with Gasteiger partial charge < -0.3 is 5.11 Å². The van der Waals surface area contributed by atoms with E-state index < -0.39 is 0 Å². The molecule has 0 spiro atoms. The fourth-order valence-electron chi connectivity index (χ4n) is 2.16. The molecule has 1 rings (SSSR count). The third-order valence-electron chi connectivity index (χ3n) is 3.28. The molecule has 0 bridgehead atoms. The number of hydrogen-bond acceptors (Lipinski definition) is 1. The van der Waals surface area contributed by atoms with E-state index in [1.807, 2.05) is 18.2 Å². The maximum atomic E-state index is 10.2. The molecule has 0 amide bonds.